The largest absolute Gasteiger partial charge is 0.495 e. The third-order valence-electron chi connectivity index (χ3n) is 6.41. The van der Waals surface area contributed by atoms with Crippen LogP contribution in [0.5, 0.6) is 5.75 Å². The number of hydrogen-bond donors (Lipinski definition) is 2. The van der Waals surface area contributed by atoms with E-state index in [9.17, 15) is 18.0 Å². The molecule has 3 aromatic carbocycles. The van der Waals surface area contributed by atoms with E-state index < -0.39 is 21.5 Å². The van der Waals surface area contributed by atoms with Gasteiger partial charge >= 0.3 is 6.03 Å². The Morgan fingerprint density at radius 3 is 2.37 bits per heavy atom. The van der Waals surface area contributed by atoms with E-state index in [1.54, 1.807) is 29.2 Å². The molecule has 38 heavy (non-hydrogen) atoms. The van der Waals surface area contributed by atoms with Crippen molar-refractivity contribution in [1.29, 1.82) is 0 Å². The predicted molar refractivity (Wildman–Crippen MR) is 147 cm³/mol. The first kappa shape index (κ1) is 27.7. The van der Waals surface area contributed by atoms with E-state index in [4.69, 9.17) is 33.7 Å². The van der Waals surface area contributed by atoms with Crippen molar-refractivity contribution in [3.05, 3.63) is 81.8 Å². The summed E-state index contributed by atoms with van der Waals surface area (Å²) in [7, 11) is -3.26. The Hall–Kier alpha value is -3.31. The Bertz CT molecular complexity index is 1530. The highest BCUT2D eigenvalue weighted by Gasteiger charge is 2.55. The van der Waals surface area contributed by atoms with Crippen LogP contribution in [0.3, 0.4) is 0 Å². The van der Waals surface area contributed by atoms with Crippen molar-refractivity contribution in [2.45, 2.75) is 24.3 Å². The van der Waals surface area contributed by atoms with Gasteiger partial charge in [-0.3, -0.25) is 4.79 Å². The van der Waals surface area contributed by atoms with E-state index in [2.05, 4.69) is 5.32 Å². The number of nitrogens with two attached hydrogens (primary N) is 1. The predicted octanol–water partition coefficient (Wildman–Crippen LogP) is 4.81. The van der Waals surface area contributed by atoms with Gasteiger partial charge in [-0.25, -0.2) is 17.5 Å². The maximum atomic E-state index is 14.0. The smallest absolute Gasteiger partial charge is 0.321 e. The molecule has 1 unspecified atom stereocenters. The number of nitrogens with one attached hydrogen (secondary N) is 1. The minimum absolute atomic E-state index is 0.0442. The van der Waals surface area contributed by atoms with Crippen LogP contribution in [0.4, 0.5) is 16.2 Å². The molecule has 1 heterocycles. The maximum Gasteiger partial charge on any atom is 0.321 e. The number of carbonyl (C=O) groups excluding carboxylic acids is 2. The van der Waals surface area contributed by atoms with Gasteiger partial charge in [0.1, 0.15) is 10.6 Å². The number of benzene rings is 3. The number of rotatable bonds is 7. The van der Waals surface area contributed by atoms with Gasteiger partial charge in [-0.1, -0.05) is 41.4 Å². The average Bonchev–Trinajstić information content (AvgIpc) is 3.12. The van der Waals surface area contributed by atoms with Gasteiger partial charge in [0.15, 0.2) is 5.54 Å². The number of fused-ring (bicyclic) bond motifs is 1. The van der Waals surface area contributed by atoms with Crippen molar-refractivity contribution in [3.8, 4) is 5.75 Å². The zero-order chi connectivity index (χ0) is 27.8. The molecule has 1 aliphatic heterocycles. The molecule has 4 rings (SSSR count). The molecular formula is C26H26Cl2N4O5S. The molecule has 3 aromatic rings. The van der Waals surface area contributed by atoms with E-state index in [1.807, 2.05) is 13.8 Å². The van der Waals surface area contributed by atoms with Gasteiger partial charge in [0.2, 0.25) is 0 Å². The zero-order valence-electron chi connectivity index (χ0n) is 20.9. The summed E-state index contributed by atoms with van der Waals surface area (Å²) in [6, 6.07) is 14.5. The topological polar surface area (TPSA) is 122 Å². The Morgan fingerprint density at radius 1 is 1.05 bits per heavy atom. The Labute approximate surface area is 231 Å². The number of hydrogen-bond acceptors (Lipinski definition) is 6. The fraction of sp³-hybridized carbons (Fsp3) is 0.231. The molecule has 0 fully saturated rings. The molecule has 0 aromatic heterocycles. The molecule has 0 saturated carbocycles. The Morgan fingerprint density at radius 2 is 1.74 bits per heavy atom. The molecule has 200 valence electrons. The second kappa shape index (κ2) is 10.5. The molecule has 1 aliphatic rings. The molecule has 12 heteroatoms. The van der Waals surface area contributed by atoms with Gasteiger partial charge in [0.05, 0.1) is 12.8 Å². The van der Waals surface area contributed by atoms with E-state index in [-0.39, 0.29) is 43.5 Å². The number of nitrogens with zero attached hydrogens (tertiary/aromatic N) is 2. The Balaban J connectivity index is 1.83. The molecule has 0 aliphatic carbocycles. The van der Waals surface area contributed by atoms with E-state index >= 15 is 0 Å². The van der Waals surface area contributed by atoms with Crippen LogP contribution in [-0.2, 0) is 20.4 Å². The summed E-state index contributed by atoms with van der Waals surface area (Å²) >= 11 is 12.6. The third kappa shape index (κ3) is 4.47. The fourth-order valence-corrected chi connectivity index (χ4v) is 6.51. The summed E-state index contributed by atoms with van der Waals surface area (Å²) in [5.41, 5.74) is 5.56. The standard InChI is InChI=1S/C26H26Cl2N4O5S/c1-4-31(5-2)25(34)30-17-11-13-23(22(15-17)37-3)38(35,36)32-21-12-10-16(27)14-19(21)26(29,24(32)33)18-8-6-7-9-20(18)28/h6-15H,4-5,29H2,1-3H3,(H,30,34). The molecule has 0 spiro atoms. The first-order valence-electron chi connectivity index (χ1n) is 11.7. The van der Waals surface area contributed by atoms with Gasteiger partial charge in [-0.05, 0) is 50.2 Å². The summed E-state index contributed by atoms with van der Waals surface area (Å²) in [4.78, 5) is 27.7. The van der Waals surface area contributed by atoms with Crippen LogP contribution < -0.4 is 20.1 Å². The van der Waals surface area contributed by atoms with Gasteiger partial charge < -0.3 is 20.7 Å². The lowest BCUT2D eigenvalue weighted by atomic mass is 9.85. The van der Waals surface area contributed by atoms with Crippen molar-refractivity contribution in [2.24, 2.45) is 5.73 Å². The highest BCUT2D eigenvalue weighted by molar-refractivity contribution is 7.93. The van der Waals surface area contributed by atoms with Crippen molar-refractivity contribution < 1.29 is 22.7 Å². The molecule has 1 atom stereocenters. The van der Waals surface area contributed by atoms with Gasteiger partial charge in [0, 0.05) is 46.0 Å². The van der Waals surface area contributed by atoms with Crippen molar-refractivity contribution in [3.63, 3.8) is 0 Å². The number of methoxy groups -OCH3 is 1. The summed E-state index contributed by atoms with van der Waals surface area (Å²) in [6.07, 6.45) is 0. The van der Waals surface area contributed by atoms with Crippen LogP contribution in [0.25, 0.3) is 0 Å². The molecule has 0 radical (unpaired) electrons. The van der Waals surface area contributed by atoms with Crippen LogP contribution in [-0.4, -0.2) is 45.5 Å². The zero-order valence-corrected chi connectivity index (χ0v) is 23.2. The number of sulfonamides is 1. The number of urea groups is 1. The minimum atomic E-state index is -4.55. The number of halogens is 2. The van der Waals surface area contributed by atoms with E-state index in [0.717, 1.165) is 0 Å². The van der Waals surface area contributed by atoms with Crippen molar-refractivity contribution in [2.75, 3.05) is 29.8 Å². The van der Waals surface area contributed by atoms with Crippen molar-refractivity contribution in [1.82, 2.24) is 4.90 Å². The molecule has 3 N–H and O–H groups in total. The maximum absolute atomic E-state index is 14.0. The van der Waals surface area contributed by atoms with Crippen molar-refractivity contribution >= 4 is 56.5 Å². The molecule has 0 saturated heterocycles. The van der Waals surface area contributed by atoms with Crippen LogP contribution in [0, 0.1) is 0 Å². The highest BCUT2D eigenvalue weighted by Crippen LogP contribution is 2.48. The monoisotopic (exact) mass is 576 g/mol. The number of carbonyl (C=O) groups is 2. The normalized spacial score (nSPS) is 16.8. The van der Waals surface area contributed by atoms with E-state index in [1.165, 1.54) is 43.5 Å². The van der Waals surface area contributed by atoms with Crippen LogP contribution in [0.15, 0.2) is 65.6 Å². The number of anilines is 2. The van der Waals surface area contributed by atoms with Crippen LogP contribution >= 0.6 is 23.2 Å². The second-order valence-corrected chi connectivity index (χ2v) is 11.1. The summed E-state index contributed by atoms with van der Waals surface area (Å²) in [5, 5.41) is 3.18. The van der Waals surface area contributed by atoms with E-state index in [0.29, 0.717) is 23.1 Å². The average molecular weight is 577 g/mol. The number of amides is 3. The SMILES string of the molecule is CCN(CC)C(=O)Nc1ccc(S(=O)(=O)N2C(=O)C(N)(c3ccccc3Cl)c3cc(Cl)ccc32)c(OC)c1. The summed E-state index contributed by atoms with van der Waals surface area (Å²) in [6.45, 7) is 4.69. The Kier molecular flexibility index (Phi) is 7.62. The second-order valence-electron chi connectivity index (χ2n) is 8.49. The fourth-order valence-electron chi connectivity index (χ4n) is 4.44. The summed E-state index contributed by atoms with van der Waals surface area (Å²) in [5.74, 6) is -0.998. The summed E-state index contributed by atoms with van der Waals surface area (Å²) < 4.78 is 34.1. The van der Waals surface area contributed by atoms with Gasteiger partial charge in [-0.15, -0.1) is 0 Å². The van der Waals surface area contributed by atoms with Gasteiger partial charge in [0.25, 0.3) is 15.9 Å². The molecular weight excluding hydrogens is 551 g/mol. The lowest BCUT2D eigenvalue weighted by molar-refractivity contribution is -0.120. The molecule has 0 bridgehead atoms. The number of ether oxygens (including phenoxy) is 1. The third-order valence-corrected chi connectivity index (χ3v) is 8.71. The lowest BCUT2D eigenvalue weighted by Gasteiger charge is -2.26. The highest BCUT2D eigenvalue weighted by atomic mass is 35.5. The minimum Gasteiger partial charge on any atom is -0.495 e. The first-order chi connectivity index (χ1) is 18.0. The molecule has 9 nitrogen and oxygen atoms in total. The van der Waals surface area contributed by atoms with Crippen LogP contribution in [0.2, 0.25) is 10.0 Å². The first-order valence-corrected chi connectivity index (χ1v) is 13.9. The lowest BCUT2D eigenvalue weighted by Crippen LogP contribution is -2.49. The quantitative estimate of drug-likeness (QED) is 0.416. The van der Waals surface area contributed by atoms with Crippen LogP contribution in [0.1, 0.15) is 25.0 Å². The molecule has 3 amide bonds. The van der Waals surface area contributed by atoms with Gasteiger partial charge in [-0.2, -0.15) is 0 Å².